The molecule has 4 rings (SSSR count). The van der Waals surface area contributed by atoms with Crippen molar-refractivity contribution in [2.75, 3.05) is 62.6 Å². The number of rotatable bonds is 8. The lowest BCUT2D eigenvalue weighted by Gasteiger charge is -2.45. The highest BCUT2D eigenvalue weighted by atomic mass is 16.5. The molecule has 2 aromatic rings. The van der Waals surface area contributed by atoms with Crippen LogP contribution in [0.25, 0.3) is 0 Å². The first-order chi connectivity index (χ1) is 16.8. The molecule has 3 heterocycles. The number of anilines is 4. The van der Waals surface area contributed by atoms with E-state index >= 15 is 0 Å². The van der Waals surface area contributed by atoms with Gasteiger partial charge in [0.1, 0.15) is 11.9 Å². The standard InChI is InChI=1S/C26H36N6O3/c1-18-26(34)31(4)23-17-28-24(16-22(23)32(18)21-9-13-35-14-10-21)29-20-8-5-7-19(15-20)25(33)27-11-6-12-30(2)3/h5,7-8,15-18,21H,6,9-14H2,1-4H3,(H,27,33)(H,28,29). The molecule has 1 saturated heterocycles. The molecule has 0 saturated carbocycles. The van der Waals surface area contributed by atoms with Gasteiger partial charge in [0.15, 0.2) is 0 Å². The largest absolute Gasteiger partial charge is 0.381 e. The second kappa shape index (κ2) is 11.0. The lowest BCUT2D eigenvalue weighted by molar-refractivity contribution is -0.119. The predicted octanol–water partition coefficient (Wildman–Crippen LogP) is 2.86. The van der Waals surface area contributed by atoms with Gasteiger partial charge >= 0.3 is 0 Å². The minimum atomic E-state index is -0.259. The molecule has 1 unspecified atom stereocenters. The fourth-order valence-electron chi connectivity index (χ4n) is 4.76. The second-order valence-electron chi connectivity index (χ2n) is 9.50. The third-order valence-corrected chi connectivity index (χ3v) is 6.66. The van der Waals surface area contributed by atoms with E-state index in [1.54, 1.807) is 18.1 Å². The second-order valence-corrected chi connectivity index (χ2v) is 9.50. The number of ether oxygens (including phenoxy) is 1. The molecule has 9 nitrogen and oxygen atoms in total. The van der Waals surface area contributed by atoms with Gasteiger partial charge in [0.25, 0.3) is 5.91 Å². The van der Waals surface area contributed by atoms with Gasteiger partial charge in [-0.2, -0.15) is 0 Å². The number of carbonyl (C=O) groups is 2. The summed E-state index contributed by atoms with van der Waals surface area (Å²) in [5.74, 6) is 0.639. The molecule has 2 aliphatic rings. The molecule has 2 N–H and O–H groups in total. The molecule has 0 aliphatic carbocycles. The summed E-state index contributed by atoms with van der Waals surface area (Å²) in [5, 5.41) is 6.32. The Morgan fingerprint density at radius 2 is 1.97 bits per heavy atom. The number of likely N-dealkylation sites (N-methyl/N-ethyl adjacent to an activating group) is 1. The molecule has 1 aromatic carbocycles. The van der Waals surface area contributed by atoms with Gasteiger partial charge in [-0.25, -0.2) is 4.98 Å². The third-order valence-electron chi connectivity index (χ3n) is 6.66. The molecule has 1 fully saturated rings. The summed E-state index contributed by atoms with van der Waals surface area (Å²) < 4.78 is 5.55. The summed E-state index contributed by atoms with van der Waals surface area (Å²) in [6.45, 7) is 4.93. The quantitative estimate of drug-likeness (QED) is 0.562. The number of pyridine rings is 1. The highest BCUT2D eigenvalue weighted by Crippen LogP contribution is 2.39. The van der Waals surface area contributed by atoms with E-state index < -0.39 is 0 Å². The van der Waals surface area contributed by atoms with E-state index in [-0.39, 0.29) is 23.9 Å². The van der Waals surface area contributed by atoms with Crippen LogP contribution in [0.2, 0.25) is 0 Å². The van der Waals surface area contributed by atoms with Crippen LogP contribution in [-0.2, 0) is 9.53 Å². The van der Waals surface area contributed by atoms with Gasteiger partial charge in [0.2, 0.25) is 5.91 Å². The molecule has 188 valence electrons. The van der Waals surface area contributed by atoms with Crippen molar-refractivity contribution in [2.45, 2.75) is 38.3 Å². The van der Waals surface area contributed by atoms with Gasteiger partial charge in [-0.15, -0.1) is 0 Å². The molecule has 35 heavy (non-hydrogen) atoms. The molecule has 2 aliphatic heterocycles. The molecule has 0 bridgehead atoms. The number of hydrogen-bond donors (Lipinski definition) is 2. The summed E-state index contributed by atoms with van der Waals surface area (Å²) in [6.07, 6.45) is 4.42. The number of nitrogens with one attached hydrogen (secondary N) is 2. The summed E-state index contributed by atoms with van der Waals surface area (Å²) in [7, 11) is 5.84. The van der Waals surface area contributed by atoms with Crippen LogP contribution in [0.5, 0.6) is 0 Å². The highest BCUT2D eigenvalue weighted by Gasteiger charge is 2.38. The molecule has 0 radical (unpaired) electrons. The summed E-state index contributed by atoms with van der Waals surface area (Å²) in [5.41, 5.74) is 3.17. The molecule has 1 atom stereocenters. The van der Waals surface area contributed by atoms with Crippen molar-refractivity contribution in [1.29, 1.82) is 0 Å². The number of benzene rings is 1. The maximum absolute atomic E-state index is 12.9. The molecule has 9 heteroatoms. The Labute approximate surface area is 207 Å². The fraction of sp³-hybridized carbons (Fsp3) is 0.500. The summed E-state index contributed by atoms with van der Waals surface area (Å²) in [6, 6.07) is 9.39. The fourth-order valence-corrected chi connectivity index (χ4v) is 4.76. The first-order valence-corrected chi connectivity index (χ1v) is 12.3. The lowest BCUT2D eigenvalue weighted by atomic mass is 10.00. The normalized spacial score (nSPS) is 18.5. The molecule has 1 aromatic heterocycles. The Bertz CT molecular complexity index is 1050. The number of carbonyl (C=O) groups excluding carboxylic acids is 2. The SMILES string of the molecule is CC1C(=O)N(C)c2cnc(Nc3cccc(C(=O)NCCCN(C)C)c3)cc2N1C1CCOCC1. The van der Waals surface area contributed by atoms with Gasteiger partial charge < -0.3 is 30.1 Å². The van der Waals surface area contributed by atoms with E-state index in [1.165, 1.54) is 0 Å². The van der Waals surface area contributed by atoms with Gasteiger partial charge in [-0.3, -0.25) is 9.59 Å². The van der Waals surface area contributed by atoms with Crippen molar-refractivity contribution in [3.8, 4) is 0 Å². The number of nitrogens with zero attached hydrogens (tertiary/aromatic N) is 4. The van der Waals surface area contributed by atoms with Crippen molar-refractivity contribution < 1.29 is 14.3 Å². The van der Waals surface area contributed by atoms with Crippen LogP contribution in [-0.4, -0.2) is 81.2 Å². The van der Waals surface area contributed by atoms with Gasteiger partial charge in [-0.05, 0) is 65.0 Å². The van der Waals surface area contributed by atoms with Crippen molar-refractivity contribution in [2.24, 2.45) is 0 Å². The minimum Gasteiger partial charge on any atom is -0.381 e. The van der Waals surface area contributed by atoms with Crippen LogP contribution in [0, 0.1) is 0 Å². The van der Waals surface area contributed by atoms with Crippen molar-refractivity contribution >= 4 is 34.7 Å². The maximum atomic E-state index is 12.9. The van der Waals surface area contributed by atoms with E-state index in [9.17, 15) is 9.59 Å². The zero-order valence-electron chi connectivity index (χ0n) is 21.1. The van der Waals surface area contributed by atoms with E-state index in [4.69, 9.17) is 4.74 Å². The Morgan fingerprint density at radius 1 is 1.20 bits per heavy atom. The topological polar surface area (TPSA) is 90.0 Å². The Kier molecular flexibility index (Phi) is 7.87. The molecular weight excluding hydrogens is 444 g/mol. The monoisotopic (exact) mass is 480 g/mol. The minimum absolute atomic E-state index is 0.0656. The summed E-state index contributed by atoms with van der Waals surface area (Å²) >= 11 is 0. The third kappa shape index (κ3) is 5.74. The number of hydrogen-bond acceptors (Lipinski definition) is 7. The van der Waals surface area contributed by atoms with Gasteiger partial charge in [0.05, 0.1) is 17.6 Å². The maximum Gasteiger partial charge on any atom is 0.251 e. The zero-order valence-corrected chi connectivity index (χ0v) is 21.1. The van der Waals surface area contributed by atoms with Crippen LogP contribution < -0.4 is 20.4 Å². The average Bonchev–Trinajstić information content (AvgIpc) is 2.86. The predicted molar refractivity (Wildman–Crippen MR) is 139 cm³/mol. The van der Waals surface area contributed by atoms with Crippen LogP contribution >= 0.6 is 0 Å². The Morgan fingerprint density at radius 3 is 2.71 bits per heavy atom. The average molecular weight is 481 g/mol. The van der Waals surface area contributed by atoms with E-state index in [0.29, 0.717) is 31.1 Å². The van der Waals surface area contributed by atoms with Gasteiger partial charge in [-0.1, -0.05) is 6.07 Å². The van der Waals surface area contributed by atoms with Crippen LogP contribution in [0.15, 0.2) is 36.5 Å². The van der Waals surface area contributed by atoms with Crippen LogP contribution in [0.3, 0.4) is 0 Å². The zero-order chi connectivity index (χ0) is 24.9. The first-order valence-electron chi connectivity index (χ1n) is 12.3. The molecule has 0 spiro atoms. The van der Waals surface area contributed by atoms with E-state index in [0.717, 1.165) is 42.9 Å². The molecular formula is C26H36N6O3. The van der Waals surface area contributed by atoms with Crippen molar-refractivity contribution in [3.05, 3.63) is 42.1 Å². The van der Waals surface area contributed by atoms with Crippen LogP contribution in [0.4, 0.5) is 22.9 Å². The smallest absolute Gasteiger partial charge is 0.251 e. The Balaban J connectivity index is 1.52. The van der Waals surface area contributed by atoms with E-state index in [1.807, 2.05) is 51.4 Å². The number of amides is 2. The lowest BCUT2D eigenvalue weighted by Crippen LogP contribution is -2.55. The first kappa shape index (κ1) is 24.9. The van der Waals surface area contributed by atoms with Crippen LogP contribution in [0.1, 0.15) is 36.5 Å². The number of fused-ring (bicyclic) bond motifs is 1. The molecule has 2 amide bonds. The number of aromatic nitrogens is 1. The van der Waals surface area contributed by atoms with E-state index in [2.05, 4.69) is 25.4 Å². The summed E-state index contributed by atoms with van der Waals surface area (Å²) in [4.78, 5) is 36.1. The van der Waals surface area contributed by atoms with Crippen molar-refractivity contribution in [3.63, 3.8) is 0 Å². The van der Waals surface area contributed by atoms with Gasteiger partial charge in [0, 0.05) is 50.2 Å². The van der Waals surface area contributed by atoms with Crippen molar-refractivity contribution in [1.82, 2.24) is 15.2 Å². The Hall–Kier alpha value is -3.17. The highest BCUT2D eigenvalue weighted by molar-refractivity contribution is 6.05.